The van der Waals surface area contributed by atoms with Crippen LogP contribution in [0.15, 0.2) is 29.8 Å². The summed E-state index contributed by atoms with van der Waals surface area (Å²) < 4.78 is 0. The van der Waals surface area contributed by atoms with Crippen molar-refractivity contribution in [3.63, 3.8) is 0 Å². The Morgan fingerprint density at radius 2 is 2.23 bits per heavy atom. The normalized spacial score (nSPS) is 8.85. The van der Waals surface area contributed by atoms with Crippen LogP contribution in [0.1, 0.15) is 11.1 Å². The maximum atomic E-state index is 9.16. The minimum absolute atomic E-state index is 0.112. The predicted octanol–water partition coefficient (Wildman–Crippen LogP) is 2.42. The molecule has 0 saturated heterocycles. The monoisotopic (exact) mass is 172 g/mol. The minimum Gasteiger partial charge on any atom is -0.508 e. The Balaban J connectivity index is 3.36. The van der Waals surface area contributed by atoms with Gasteiger partial charge in [-0.2, -0.15) is 5.26 Å². The molecule has 1 rings (SSSR count). The maximum Gasteiger partial charge on any atom is 0.117 e. The number of hydrogen-bond acceptors (Lipinski definition) is 3. The van der Waals surface area contributed by atoms with Crippen molar-refractivity contribution in [2.45, 2.75) is 0 Å². The molecule has 3 nitrogen and oxygen atoms in total. The van der Waals surface area contributed by atoms with Crippen molar-refractivity contribution < 1.29 is 5.11 Å². The average molecular weight is 172 g/mol. The highest BCUT2D eigenvalue weighted by Crippen LogP contribution is 2.24. The van der Waals surface area contributed by atoms with Gasteiger partial charge in [-0.25, -0.2) is 0 Å². The molecule has 0 aliphatic heterocycles. The Labute approximate surface area is 76.3 Å². The van der Waals surface area contributed by atoms with Crippen molar-refractivity contribution in [3.8, 4) is 6.07 Å². The molecule has 0 radical (unpaired) electrons. The van der Waals surface area contributed by atoms with E-state index in [1.54, 1.807) is 12.1 Å². The molecule has 64 valence electrons. The van der Waals surface area contributed by atoms with E-state index in [2.05, 4.69) is 18.3 Å². The molecule has 0 aromatic heterocycles. The van der Waals surface area contributed by atoms with Crippen LogP contribution in [0, 0.1) is 11.3 Å². The lowest BCUT2D eigenvalue weighted by Gasteiger charge is -2.02. The third-order valence-corrected chi connectivity index (χ3v) is 1.61. The van der Waals surface area contributed by atoms with Crippen molar-refractivity contribution >= 4 is 18.2 Å². The van der Waals surface area contributed by atoms with E-state index in [9.17, 15) is 0 Å². The van der Waals surface area contributed by atoms with Crippen LogP contribution in [0.4, 0.5) is 5.69 Å². The van der Waals surface area contributed by atoms with Crippen molar-refractivity contribution in [1.29, 1.82) is 5.26 Å². The predicted molar refractivity (Wildman–Crippen MR) is 52.0 cm³/mol. The van der Waals surface area contributed by atoms with E-state index >= 15 is 0 Å². The first-order chi connectivity index (χ1) is 6.19. The van der Waals surface area contributed by atoms with E-state index in [1.807, 2.05) is 6.07 Å². The molecule has 0 aliphatic carbocycles. The van der Waals surface area contributed by atoms with Crippen LogP contribution in [0.3, 0.4) is 0 Å². The molecule has 1 N–H and O–H groups in total. The number of aliphatic imine (C=N–C) groups is 1. The fraction of sp³-hybridized carbons (Fsp3) is 0. The number of aliphatic hydroxyl groups excluding tert-OH is 1. The third-order valence-electron chi connectivity index (χ3n) is 1.61. The van der Waals surface area contributed by atoms with Gasteiger partial charge in [-0.05, 0) is 24.9 Å². The van der Waals surface area contributed by atoms with Crippen LogP contribution in [0.2, 0.25) is 0 Å². The van der Waals surface area contributed by atoms with Gasteiger partial charge in [0.1, 0.15) is 5.76 Å². The molecule has 0 heterocycles. The van der Waals surface area contributed by atoms with Gasteiger partial charge >= 0.3 is 0 Å². The molecule has 0 fully saturated rings. The number of nitriles is 1. The van der Waals surface area contributed by atoms with Crippen molar-refractivity contribution in [2.24, 2.45) is 4.99 Å². The van der Waals surface area contributed by atoms with E-state index < -0.39 is 0 Å². The second kappa shape index (κ2) is 3.55. The third kappa shape index (κ3) is 1.74. The van der Waals surface area contributed by atoms with Gasteiger partial charge in [-0.3, -0.25) is 4.99 Å². The summed E-state index contributed by atoms with van der Waals surface area (Å²) in [6.07, 6.45) is 0. The van der Waals surface area contributed by atoms with E-state index in [-0.39, 0.29) is 5.76 Å². The Morgan fingerprint density at radius 1 is 1.54 bits per heavy atom. The van der Waals surface area contributed by atoms with Crippen LogP contribution in [-0.4, -0.2) is 11.8 Å². The lowest BCUT2D eigenvalue weighted by molar-refractivity contribution is 0.514. The zero-order chi connectivity index (χ0) is 9.84. The first kappa shape index (κ1) is 9.01. The molecule has 1 aromatic carbocycles. The zero-order valence-corrected chi connectivity index (χ0v) is 6.99. The summed E-state index contributed by atoms with van der Waals surface area (Å²) in [6, 6.07) is 6.70. The fourth-order valence-electron chi connectivity index (χ4n) is 0.975. The van der Waals surface area contributed by atoms with Gasteiger partial charge < -0.3 is 5.11 Å². The first-order valence-corrected chi connectivity index (χ1v) is 3.58. The van der Waals surface area contributed by atoms with E-state index in [0.717, 1.165) is 0 Å². The van der Waals surface area contributed by atoms with Crippen molar-refractivity contribution in [2.75, 3.05) is 0 Å². The van der Waals surface area contributed by atoms with Crippen molar-refractivity contribution in [3.05, 3.63) is 35.9 Å². The molecule has 3 heteroatoms. The molecule has 0 spiro atoms. The largest absolute Gasteiger partial charge is 0.508 e. The lowest BCUT2D eigenvalue weighted by atomic mass is 10.1. The quantitative estimate of drug-likeness (QED) is 0.550. The highest BCUT2D eigenvalue weighted by Gasteiger charge is 2.04. The van der Waals surface area contributed by atoms with Gasteiger partial charge in [0, 0.05) is 5.56 Å². The van der Waals surface area contributed by atoms with E-state index in [0.29, 0.717) is 16.8 Å². The number of aliphatic hydroxyl groups is 1. The van der Waals surface area contributed by atoms with Gasteiger partial charge in [0.25, 0.3) is 0 Å². The number of benzene rings is 1. The van der Waals surface area contributed by atoms with Gasteiger partial charge in [-0.15, -0.1) is 0 Å². The molecule has 0 saturated carbocycles. The summed E-state index contributed by atoms with van der Waals surface area (Å²) in [4.78, 5) is 3.69. The van der Waals surface area contributed by atoms with Gasteiger partial charge in [0.15, 0.2) is 0 Å². The Hall–Kier alpha value is -2.08. The van der Waals surface area contributed by atoms with Crippen LogP contribution in [-0.2, 0) is 0 Å². The molecule has 0 aliphatic rings. The van der Waals surface area contributed by atoms with Crippen LogP contribution in [0.5, 0.6) is 0 Å². The number of rotatable bonds is 2. The molecule has 0 bridgehead atoms. The fourth-order valence-corrected chi connectivity index (χ4v) is 0.975. The van der Waals surface area contributed by atoms with Crippen LogP contribution < -0.4 is 0 Å². The maximum absolute atomic E-state index is 9.16. The first-order valence-electron chi connectivity index (χ1n) is 3.58. The highest BCUT2D eigenvalue weighted by atomic mass is 16.3. The standard InChI is InChI=1S/C10H8N2O/c1-7(13)9-5-8(6-11)3-4-10(9)12-2/h3-5,13H,1-2H2. The molecule has 13 heavy (non-hydrogen) atoms. The Bertz CT molecular complexity index is 402. The summed E-state index contributed by atoms with van der Waals surface area (Å²) in [5.74, 6) is -0.112. The molecule has 0 atom stereocenters. The van der Waals surface area contributed by atoms with E-state index in [4.69, 9.17) is 10.4 Å². The molecule has 0 unspecified atom stereocenters. The van der Waals surface area contributed by atoms with E-state index in [1.165, 1.54) is 6.07 Å². The average Bonchev–Trinajstić information content (AvgIpc) is 2.16. The van der Waals surface area contributed by atoms with Gasteiger partial charge in [-0.1, -0.05) is 6.58 Å². The summed E-state index contributed by atoms with van der Waals surface area (Å²) in [6.45, 7) is 6.71. The summed E-state index contributed by atoms with van der Waals surface area (Å²) in [5, 5.41) is 17.8. The number of nitrogens with zero attached hydrogens (tertiary/aromatic N) is 2. The lowest BCUT2D eigenvalue weighted by Crippen LogP contribution is -1.84. The molecule has 0 amide bonds. The van der Waals surface area contributed by atoms with Gasteiger partial charge in [0.2, 0.25) is 0 Å². The SMILES string of the molecule is C=Nc1ccc(C#N)cc1C(=C)O. The van der Waals surface area contributed by atoms with Gasteiger partial charge in [0.05, 0.1) is 17.3 Å². The molecular weight excluding hydrogens is 164 g/mol. The second-order valence-electron chi connectivity index (χ2n) is 2.45. The van der Waals surface area contributed by atoms with Crippen LogP contribution >= 0.6 is 0 Å². The summed E-state index contributed by atoms with van der Waals surface area (Å²) in [7, 11) is 0. The topological polar surface area (TPSA) is 56.4 Å². The summed E-state index contributed by atoms with van der Waals surface area (Å²) >= 11 is 0. The Morgan fingerprint density at radius 3 is 2.69 bits per heavy atom. The van der Waals surface area contributed by atoms with Crippen molar-refractivity contribution in [1.82, 2.24) is 0 Å². The van der Waals surface area contributed by atoms with Crippen LogP contribution in [0.25, 0.3) is 5.76 Å². The number of hydrogen-bond donors (Lipinski definition) is 1. The molecular formula is C10H8N2O. The minimum atomic E-state index is -0.112. The Kier molecular flexibility index (Phi) is 2.46. The highest BCUT2D eigenvalue weighted by molar-refractivity contribution is 5.71. The second-order valence-corrected chi connectivity index (χ2v) is 2.45. The smallest absolute Gasteiger partial charge is 0.117 e. The molecule has 1 aromatic rings. The zero-order valence-electron chi connectivity index (χ0n) is 6.99. The summed E-state index contributed by atoms with van der Waals surface area (Å²) in [5.41, 5.74) is 1.41.